The van der Waals surface area contributed by atoms with Gasteiger partial charge in [-0.3, -0.25) is 0 Å². The Kier molecular flexibility index (Phi) is 2.36. The molecule has 0 amide bonds. The first-order valence-electron chi connectivity index (χ1n) is 3.49. The van der Waals surface area contributed by atoms with Crippen LogP contribution < -0.4 is 11.5 Å². The highest BCUT2D eigenvalue weighted by atomic mass is 19.1. The number of halogens is 1. The molecule has 0 radical (unpaired) electrons. The third kappa shape index (κ3) is 1.69. The molecule has 1 rings (SSSR count). The summed E-state index contributed by atoms with van der Waals surface area (Å²) >= 11 is 0. The average Bonchev–Trinajstić information content (AvgIpc) is 2.02. The first-order valence-corrected chi connectivity index (χ1v) is 3.49. The molecule has 0 saturated heterocycles. The molecule has 13 heavy (non-hydrogen) atoms. The van der Waals surface area contributed by atoms with Gasteiger partial charge < -0.3 is 16.2 Å². The highest BCUT2D eigenvalue weighted by Gasteiger charge is 2.16. The van der Waals surface area contributed by atoms with Gasteiger partial charge >= 0.3 is 5.97 Å². The van der Waals surface area contributed by atoms with Crippen LogP contribution in [-0.2, 0) is 4.74 Å². The second-order valence-corrected chi connectivity index (χ2v) is 2.46. The third-order valence-electron chi connectivity index (χ3n) is 1.53. The van der Waals surface area contributed by atoms with Crippen LogP contribution >= 0.6 is 0 Å². The molecule has 0 bridgehead atoms. The maximum Gasteiger partial charge on any atom is 0.342 e. The average molecular weight is 184 g/mol. The molecule has 4 N–H and O–H groups in total. The Morgan fingerprint density at radius 1 is 1.46 bits per heavy atom. The summed E-state index contributed by atoms with van der Waals surface area (Å²) in [7, 11) is 1.15. The summed E-state index contributed by atoms with van der Waals surface area (Å²) in [6.07, 6.45) is 0. The summed E-state index contributed by atoms with van der Waals surface area (Å²) < 4.78 is 17.4. The van der Waals surface area contributed by atoms with Gasteiger partial charge in [0.25, 0.3) is 0 Å². The van der Waals surface area contributed by atoms with Gasteiger partial charge in [-0.1, -0.05) is 0 Å². The van der Waals surface area contributed by atoms with Crippen LogP contribution in [0.2, 0.25) is 0 Å². The topological polar surface area (TPSA) is 78.3 Å². The molecule has 4 nitrogen and oxygen atoms in total. The van der Waals surface area contributed by atoms with Crippen molar-refractivity contribution in [2.75, 3.05) is 18.6 Å². The summed E-state index contributed by atoms with van der Waals surface area (Å²) in [6, 6.07) is 2.32. The van der Waals surface area contributed by atoms with Crippen molar-refractivity contribution in [1.29, 1.82) is 0 Å². The van der Waals surface area contributed by atoms with Gasteiger partial charge in [-0.15, -0.1) is 0 Å². The summed E-state index contributed by atoms with van der Waals surface area (Å²) in [5, 5.41) is 0. The maximum absolute atomic E-state index is 13.1. The maximum atomic E-state index is 13.1. The standard InChI is InChI=1S/C8H9FN2O2/c1-13-8(12)7-5(9)2-4(10)3-6(7)11/h2-3H,10-11H2,1H3. The first kappa shape index (κ1) is 9.31. The molecule has 0 aliphatic rings. The number of anilines is 2. The van der Waals surface area contributed by atoms with Crippen molar-refractivity contribution in [2.45, 2.75) is 0 Å². The molecule has 0 fully saturated rings. The van der Waals surface area contributed by atoms with Gasteiger partial charge in [-0.05, 0) is 12.1 Å². The molecule has 0 aliphatic carbocycles. The molecule has 0 atom stereocenters. The number of carbonyl (C=O) groups is 1. The number of methoxy groups -OCH3 is 1. The zero-order valence-electron chi connectivity index (χ0n) is 7.00. The lowest BCUT2D eigenvalue weighted by atomic mass is 10.1. The van der Waals surface area contributed by atoms with Crippen LogP contribution in [0.4, 0.5) is 15.8 Å². The number of esters is 1. The summed E-state index contributed by atoms with van der Waals surface area (Å²) in [4.78, 5) is 11.0. The largest absolute Gasteiger partial charge is 0.465 e. The Morgan fingerprint density at radius 3 is 2.54 bits per heavy atom. The number of ether oxygens (including phenoxy) is 1. The van der Waals surface area contributed by atoms with E-state index >= 15 is 0 Å². The SMILES string of the molecule is COC(=O)c1c(N)cc(N)cc1F. The fourth-order valence-electron chi connectivity index (χ4n) is 0.967. The van der Waals surface area contributed by atoms with E-state index in [1.54, 1.807) is 0 Å². The quantitative estimate of drug-likeness (QED) is 0.499. The normalized spacial score (nSPS) is 9.69. The zero-order chi connectivity index (χ0) is 10.0. The molecule has 0 aliphatic heterocycles. The van der Waals surface area contributed by atoms with E-state index in [1.165, 1.54) is 6.07 Å². The summed E-state index contributed by atoms with van der Waals surface area (Å²) in [5.41, 5.74) is 10.5. The van der Waals surface area contributed by atoms with Crippen LogP contribution in [0.3, 0.4) is 0 Å². The number of benzene rings is 1. The van der Waals surface area contributed by atoms with E-state index in [4.69, 9.17) is 11.5 Å². The predicted molar refractivity (Wildman–Crippen MR) is 46.6 cm³/mol. The number of nitrogen functional groups attached to an aromatic ring is 2. The van der Waals surface area contributed by atoms with Crippen molar-refractivity contribution >= 4 is 17.3 Å². The Labute approximate surface area is 74.3 Å². The summed E-state index contributed by atoms with van der Waals surface area (Å²) in [6.45, 7) is 0. The van der Waals surface area contributed by atoms with Crippen LogP contribution in [0.5, 0.6) is 0 Å². The van der Waals surface area contributed by atoms with E-state index in [9.17, 15) is 9.18 Å². The van der Waals surface area contributed by atoms with Crippen molar-refractivity contribution in [3.8, 4) is 0 Å². The minimum absolute atomic E-state index is 0.0237. The molecular formula is C8H9FN2O2. The van der Waals surface area contributed by atoms with Gasteiger partial charge in [-0.2, -0.15) is 0 Å². The van der Waals surface area contributed by atoms with Crippen LogP contribution in [-0.4, -0.2) is 13.1 Å². The highest BCUT2D eigenvalue weighted by Crippen LogP contribution is 2.20. The smallest absolute Gasteiger partial charge is 0.342 e. The monoisotopic (exact) mass is 184 g/mol. The Morgan fingerprint density at radius 2 is 2.08 bits per heavy atom. The number of hydrogen-bond donors (Lipinski definition) is 2. The van der Waals surface area contributed by atoms with Crippen molar-refractivity contribution in [3.63, 3.8) is 0 Å². The van der Waals surface area contributed by atoms with Gasteiger partial charge in [0.05, 0.1) is 12.8 Å². The van der Waals surface area contributed by atoms with Crippen LogP contribution in [0, 0.1) is 5.82 Å². The van der Waals surface area contributed by atoms with Gasteiger partial charge in [-0.25, -0.2) is 9.18 Å². The number of rotatable bonds is 1. The van der Waals surface area contributed by atoms with Crippen LogP contribution in [0.15, 0.2) is 12.1 Å². The van der Waals surface area contributed by atoms with Crippen molar-refractivity contribution in [2.24, 2.45) is 0 Å². The second-order valence-electron chi connectivity index (χ2n) is 2.46. The molecule has 0 spiro atoms. The predicted octanol–water partition coefficient (Wildman–Crippen LogP) is 0.777. The lowest BCUT2D eigenvalue weighted by Crippen LogP contribution is -2.09. The van der Waals surface area contributed by atoms with Crippen LogP contribution in [0.25, 0.3) is 0 Å². The van der Waals surface area contributed by atoms with Crippen molar-refractivity contribution in [3.05, 3.63) is 23.5 Å². The van der Waals surface area contributed by atoms with E-state index in [0.717, 1.165) is 13.2 Å². The molecule has 0 heterocycles. The Hall–Kier alpha value is -1.78. The third-order valence-corrected chi connectivity index (χ3v) is 1.53. The van der Waals surface area contributed by atoms with E-state index in [2.05, 4.69) is 4.74 Å². The minimum atomic E-state index is -0.810. The number of nitrogens with two attached hydrogens (primary N) is 2. The van der Waals surface area contributed by atoms with E-state index in [0.29, 0.717) is 0 Å². The van der Waals surface area contributed by atoms with Crippen molar-refractivity contribution in [1.82, 2.24) is 0 Å². The second kappa shape index (κ2) is 3.30. The molecule has 5 heteroatoms. The zero-order valence-corrected chi connectivity index (χ0v) is 7.00. The molecule has 0 saturated carbocycles. The Balaban J connectivity index is 3.28. The van der Waals surface area contributed by atoms with Gasteiger partial charge in [0.1, 0.15) is 11.4 Å². The highest BCUT2D eigenvalue weighted by molar-refractivity contribution is 5.96. The van der Waals surface area contributed by atoms with Gasteiger partial charge in [0.2, 0.25) is 0 Å². The molecule has 0 unspecified atom stereocenters. The number of carbonyl (C=O) groups excluding carboxylic acids is 1. The van der Waals surface area contributed by atoms with E-state index in [-0.39, 0.29) is 16.9 Å². The fourth-order valence-corrected chi connectivity index (χ4v) is 0.967. The lowest BCUT2D eigenvalue weighted by molar-refractivity contribution is 0.0597. The number of hydrogen-bond acceptors (Lipinski definition) is 4. The van der Waals surface area contributed by atoms with Crippen molar-refractivity contribution < 1.29 is 13.9 Å². The molecule has 1 aromatic rings. The Bertz CT molecular complexity index is 329. The molecule has 1 aromatic carbocycles. The fraction of sp³-hybridized carbons (Fsp3) is 0.125. The molecule has 70 valence electrons. The van der Waals surface area contributed by atoms with Crippen LogP contribution in [0.1, 0.15) is 10.4 Å². The first-order chi connectivity index (χ1) is 6.06. The van der Waals surface area contributed by atoms with Gasteiger partial charge in [0, 0.05) is 5.69 Å². The lowest BCUT2D eigenvalue weighted by Gasteiger charge is -2.05. The molecular weight excluding hydrogens is 175 g/mol. The summed E-state index contributed by atoms with van der Waals surface area (Å²) in [5.74, 6) is -1.58. The van der Waals surface area contributed by atoms with E-state index in [1.807, 2.05) is 0 Å². The van der Waals surface area contributed by atoms with E-state index < -0.39 is 11.8 Å². The molecule has 0 aromatic heterocycles. The minimum Gasteiger partial charge on any atom is -0.465 e. The van der Waals surface area contributed by atoms with Gasteiger partial charge in [0.15, 0.2) is 0 Å².